The number of pyridine rings is 1. The number of rotatable bonds is 3. The summed E-state index contributed by atoms with van der Waals surface area (Å²) in [5.74, 6) is 1.15. The lowest BCUT2D eigenvalue weighted by Crippen LogP contribution is -2.51. The summed E-state index contributed by atoms with van der Waals surface area (Å²) in [7, 11) is 0. The molecule has 5 nitrogen and oxygen atoms in total. The summed E-state index contributed by atoms with van der Waals surface area (Å²) >= 11 is 6.28. The Morgan fingerprint density at radius 1 is 1.22 bits per heavy atom. The molecule has 2 aliphatic rings. The molecule has 1 aromatic heterocycles. The third kappa shape index (κ3) is 3.78. The number of hydrogen-bond acceptors (Lipinski definition) is 4. The molecule has 1 saturated carbocycles. The maximum Gasteiger partial charge on any atom is 0.250 e. The lowest BCUT2D eigenvalue weighted by molar-refractivity contribution is 0.1000. The molecule has 6 heteroatoms. The molecule has 1 aliphatic heterocycles. The van der Waals surface area contributed by atoms with Crippen LogP contribution in [0.3, 0.4) is 0 Å². The number of carbonyl (C=O) groups excluding carboxylic acids is 1. The Bertz CT molecular complexity index is 564. The second-order valence-electron chi connectivity index (χ2n) is 6.83. The topological polar surface area (TPSA) is 62.5 Å². The average Bonchev–Trinajstić information content (AvgIpc) is 2.56. The highest BCUT2D eigenvalue weighted by Crippen LogP contribution is 2.29. The largest absolute Gasteiger partial charge is 0.366 e. The van der Waals surface area contributed by atoms with E-state index in [9.17, 15) is 4.79 Å². The van der Waals surface area contributed by atoms with Crippen molar-refractivity contribution in [3.8, 4) is 0 Å². The van der Waals surface area contributed by atoms with Crippen molar-refractivity contribution in [3.05, 3.63) is 22.8 Å². The number of aromatic nitrogens is 1. The molecule has 0 spiro atoms. The zero-order valence-corrected chi connectivity index (χ0v) is 14.4. The van der Waals surface area contributed by atoms with Gasteiger partial charge in [0, 0.05) is 38.4 Å². The van der Waals surface area contributed by atoms with Crippen molar-refractivity contribution >= 4 is 23.3 Å². The maximum absolute atomic E-state index is 11.2. The first kappa shape index (κ1) is 16.5. The van der Waals surface area contributed by atoms with E-state index >= 15 is 0 Å². The van der Waals surface area contributed by atoms with Gasteiger partial charge in [-0.25, -0.2) is 4.98 Å². The molecule has 0 atom stereocenters. The highest BCUT2D eigenvalue weighted by molar-refractivity contribution is 6.33. The number of nitrogens with zero attached hydrogens (tertiary/aromatic N) is 3. The summed E-state index contributed by atoms with van der Waals surface area (Å²) < 4.78 is 0. The molecule has 1 saturated heterocycles. The number of halogens is 1. The van der Waals surface area contributed by atoms with Crippen LogP contribution in [0.5, 0.6) is 0 Å². The second-order valence-corrected chi connectivity index (χ2v) is 7.24. The number of anilines is 1. The average molecular weight is 337 g/mol. The van der Waals surface area contributed by atoms with Gasteiger partial charge in [-0.05, 0) is 37.7 Å². The minimum atomic E-state index is -0.498. The maximum atomic E-state index is 11.2. The molecule has 2 N–H and O–H groups in total. The second kappa shape index (κ2) is 7.05. The van der Waals surface area contributed by atoms with E-state index < -0.39 is 5.91 Å². The molecule has 1 aromatic rings. The van der Waals surface area contributed by atoms with Gasteiger partial charge in [-0.2, -0.15) is 0 Å². The predicted molar refractivity (Wildman–Crippen MR) is 93.0 cm³/mol. The van der Waals surface area contributed by atoms with Gasteiger partial charge < -0.3 is 10.6 Å². The number of carbonyl (C=O) groups is 1. The van der Waals surface area contributed by atoms with Crippen LogP contribution in [0.25, 0.3) is 0 Å². The van der Waals surface area contributed by atoms with Crippen LogP contribution in [0.1, 0.15) is 43.0 Å². The molecule has 2 heterocycles. The highest BCUT2D eigenvalue weighted by Gasteiger charge is 2.28. The standard InChI is InChI=1S/C17H25ClN4O/c1-12-2-4-14(5-3-12)21-6-8-22(9-7-21)17-15(18)10-13(11-20-17)16(19)23/h10-12,14H,2-9H2,1H3,(H2,19,23). The van der Waals surface area contributed by atoms with Crippen LogP contribution in [0.4, 0.5) is 5.82 Å². The van der Waals surface area contributed by atoms with E-state index in [0.29, 0.717) is 10.6 Å². The van der Waals surface area contributed by atoms with E-state index in [1.54, 1.807) is 6.07 Å². The minimum absolute atomic E-state index is 0.355. The number of piperazine rings is 1. The molecule has 1 aliphatic carbocycles. The highest BCUT2D eigenvalue weighted by atomic mass is 35.5. The summed E-state index contributed by atoms with van der Waals surface area (Å²) in [5.41, 5.74) is 5.62. The number of hydrogen-bond donors (Lipinski definition) is 1. The Hall–Kier alpha value is -1.33. The lowest BCUT2D eigenvalue weighted by Gasteiger charge is -2.42. The van der Waals surface area contributed by atoms with Gasteiger partial charge in [0.25, 0.3) is 0 Å². The molecule has 2 fully saturated rings. The van der Waals surface area contributed by atoms with Crippen LogP contribution in [0.15, 0.2) is 12.3 Å². The number of primary amides is 1. The Labute approximate surface area is 142 Å². The predicted octanol–water partition coefficient (Wildman–Crippen LogP) is 2.53. The van der Waals surface area contributed by atoms with Gasteiger partial charge >= 0.3 is 0 Å². The van der Waals surface area contributed by atoms with Gasteiger partial charge in [0.15, 0.2) is 0 Å². The SMILES string of the molecule is CC1CCC(N2CCN(c3ncc(C(N)=O)cc3Cl)CC2)CC1. The van der Waals surface area contributed by atoms with Crippen molar-refractivity contribution in [1.82, 2.24) is 9.88 Å². The van der Waals surface area contributed by atoms with Gasteiger partial charge in [-0.3, -0.25) is 9.69 Å². The summed E-state index contributed by atoms with van der Waals surface area (Å²) in [5, 5.41) is 0.501. The zero-order valence-electron chi connectivity index (χ0n) is 13.7. The van der Waals surface area contributed by atoms with Crippen molar-refractivity contribution in [2.45, 2.75) is 38.6 Å². The van der Waals surface area contributed by atoms with Crippen LogP contribution in [-0.2, 0) is 0 Å². The summed E-state index contributed by atoms with van der Waals surface area (Å²) in [6, 6.07) is 2.36. The summed E-state index contributed by atoms with van der Waals surface area (Å²) in [6.45, 7) is 6.31. The monoisotopic (exact) mass is 336 g/mol. The van der Waals surface area contributed by atoms with Gasteiger partial charge in [0.2, 0.25) is 5.91 Å². The van der Waals surface area contributed by atoms with E-state index in [4.69, 9.17) is 17.3 Å². The number of amides is 1. The van der Waals surface area contributed by atoms with Crippen LogP contribution < -0.4 is 10.6 Å². The van der Waals surface area contributed by atoms with Crippen LogP contribution in [-0.4, -0.2) is 48.0 Å². The fourth-order valence-corrected chi connectivity index (χ4v) is 3.99. The Morgan fingerprint density at radius 3 is 2.43 bits per heavy atom. The van der Waals surface area contributed by atoms with E-state index in [0.717, 1.165) is 44.0 Å². The molecule has 3 rings (SSSR count). The Balaban J connectivity index is 1.59. The lowest BCUT2D eigenvalue weighted by atomic mass is 9.86. The van der Waals surface area contributed by atoms with Crippen molar-refractivity contribution in [2.24, 2.45) is 11.7 Å². The fraction of sp³-hybridized carbons (Fsp3) is 0.647. The molecular weight excluding hydrogens is 312 g/mol. The Morgan fingerprint density at radius 2 is 1.87 bits per heavy atom. The van der Waals surface area contributed by atoms with Gasteiger partial charge in [-0.1, -0.05) is 18.5 Å². The first-order valence-electron chi connectivity index (χ1n) is 8.49. The van der Waals surface area contributed by atoms with Crippen molar-refractivity contribution in [2.75, 3.05) is 31.1 Å². The van der Waals surface area contributed by atoms with Gasteiger partial charge in [-0.15, -0.1) is 0 Å². The fourth-order valence-electron chi connectivity index (χ4n) is 3.70. The first-order valence-corrected chi connectivity index (χ1v) is 8.86. The normalized spacial score (nSPS) is 26.3. The quantitative estimate of drug-likeness (QED) is 0.921. The van der Waals surface area contributed by atoms with E-state index in [2.05, 4.69) is 21.7 Å². The Kier molecular flexibility index (Phi) is 5.07. The van der Waals surface area contributed by atoms with Crippen LogP contribution in [0.2, 0.25) is 5.02 Å². The van der Waals surface area contributed by atoms with E-state index in [1.807, 2.05) is 0 Å². The van der Waals surface area contributed by atoms with E-state index in [-0.39, 0.29) is 0 Å². The molecule has 23 heavy (non-hydrogen) atoms. The molecule has 0 radical (unpaired) electrons. The molecule has 0 aromatic carbocycles. The molecule has 0 unspecified atom stereocenters. The van der Waals surface area contributed by atoms with E-state index in [1.165, 1.54) is 31.9 Å². The van der Waals surface area contributed by atoms with Gasteiger partial charge in [0.1, 0.15) is 5.82 Å². The molecule has 126 valence electrons. The van der Waals surface area contributed by atoms with Crippen molar-refractivity contribution in [1.29, 1.82) is 0 Å². The van der Waals surface area contributed by atoms with Gasteiger partial charge in [0.05, 0.1) is 10.6 Å². The summed E-state index contributed by atoms with van der Waals surface area (Å²) in [4.78, 5) is 20.4. The molecule has 1 amide bonds. The first-order chi connectivity index (χ1) is 11.0. The van der Waals surface area contributed by atoms with Crippen molar-refractivity contribution < 1.29 is 4.79 Å². The summed E-state index contributed by atoms with van der Waals surface area (Å²) in [6.07, 6.45) is 6.87. The smallest absolute Gasteiger partial charge is 0.250 e. The molecular formula is C17H25ClN4O. The third-order valence-corrected chi connectivity index (χ3v) is 5.50. The zero-order chi connectivity index (χ0) is 16.4. The van der Waals surface area contributed by atoms with Crippen molar-refractivity contribution in [3.63, 3.8) is 0 Å². The minimum Gasteiger partial charge on any atom is -0.366 e. The molecule has 0 bridgehead atoms. The van der Waals surface area contributed by atoms with Crippen LogP contribution >= 0.6 is 11.6 Å². The van der Waals surface area contributed by atoms with Crippen LogP contribution in [0, 0.1) is 5.92 Å². The number of nitrogens with two attached hydrogens (primary N) is 1. The third-order valence-electron chi connectivity index (χ3n) is 5.22.